The Morgan fingerprint density at radius 2 is 1.90 bits per heavy atom. The first-order valence-corrected chi connectivity index (χ1v) is 7.02. The van der Waals surface area contributed by atoms with Gasteiger partial charge in [-0.15, -0.1) is 0 Å². The molecule has 0 aliphatic rings. The second kappa shape index (κ2) is 7.88. The second-order valence-electron chi connectivity index (χ2n) is 5.07. The van der Waals surface area contributed by atoms with Gasteiger partial charge < -0.3 is 19.3 Å². The lowest BCUT2D eigenvalue weighted by atomic mass is 9.86. The van der Waals surface area contributed by atoms with Crippen LogP contribution in [0.15, 0.2) is 18.2 Å². The quantitative estimate of drug-likeness (QED) is 0.783. The van der Waals surface area contributed by atoms with Crippen molar-refractivity contribution in [2.45, 2.75) is 26.9 Å². The van der Waals surface area contributed by atoms with Crippen LogP contribution in [-0.2, 0) is 9.53 Å². The summed E-state index contributed by atoms with van der Waals surface area (Å²) in [5, 5.41) is 10.6. The Kier molecular flexibility index (Phi) is 6.49. The summed E-state index contributed by atoms with van der Waals surface area (Å²) in [4.78, 5) is 12.1. The number of esters is 1. The van der Waals surface area contributed by atoms with Crippen LogP contribution in [0, 0.1) is 11.8 Å². The lowest BCUT2D eigenvalue weighted by Gasteiger charge is -2.26. The van der Waals surface area contributed by atoms with Gasteiger partial charge in [0.25, 0.3) is 0 Å². The smallest absolute Gasteiger partial charge is 0.312 e. The second-order valence-corrected chi connectivity index (χ2v) is 5.07. The molecule has 0 heterocycles. The van der Waals surface area contributed by atoms with Crippen LogP contribution in [0.3, 0.4) is 0 Å². The molecular formula is C16H24O5. The van der Waals surface area contributed by atoms with Crippen LogP contribution >= 0.6 is 0 Å². The summed E-state index contributed by atoms with van der Waals surface area (Å²) in [6, 6.07) is 5.11. The standard InChI is InChI=1S/C16H24O5/c1-6-21-16(18)14(10(2)3)15(17)12-8-7-11(19-4)9-13(12)20-5/h7-10,14-15,17H,6H2,1-5H3. The molecule has 0 aliphatic heterocycles. The molecule has 0 aromatic heterocycles. The van der Waals surface area contributed by atoms with E-state index in [4.69, 9.17) is 14.2 Å². The van der Waals surface area contributed by atoms with Gasteiger partial charge >= 0.3 is 5.97 Å². The van der Waals surface area contributed by atoms with E-state index in [-0.39, 0.29) is 12.5 Å². The van der Waals surface area contributed by atoms with Crippen molar-refractivity contribution in [1.29, 1.82) is 0 Å². The van der Waals surface area contributed by atoms with Crippen molar-refractivity contribution in [3.63, 3.8) is 0 Å². The normalized spacial score (nSPS) is 13.7. The van der Waals surface area contributed by atoms with Crippen LogP contribution in [0.2, 0.25) is 0 Å². The molecule has 0 radical (unpaired) electrons. The van der Waals surface area contributed by atoms with Crippen molar-refractivity contribution in [2.75, 3.05) is 20.8 Å². The monoisotopic (exact) mass is 296 g/mol. The molecular weight excluding hydrogens is 272 g/mol. The predicted octanol–water partition coefficient (Wildman–Crippen LogP) is 2.57. The molecule has 0 amide bonds. The van der Waals surface area contributed by atoms with E-state index in [9.17, 15) is 9.90 Å². The van der Waals surface area contributed by atoms with Gasteiger partial charge in [0, 0.05) is 11.6 Å². The summed E-state index contributed by atoms with van der Waals surface area (Å²) in [6.45, 7) is 5.78. The molecule has 1 N–H and O–H groups in total. The molecule has 5 nitrogen and oxygen atoms in total. The number of methoxy groups -OCH3 is 2. The molecule has 5 heteroatoms. The number of carbonyl (C=O) groups is 1. The fourth-order valence-electron chi connectivity index (χ4n) is 2.26. The first-order valence-electron chi connectivity index (χ1n) is 7.02. The van der Waals surface area contributed by atoms with Gasteiger partial charge in [0.1, 0.15) is 11.5 Å². The number of aliphatic hydroxyl groups excluding tert-OH is 1. The van der Waals surface area contributed by atoms with Crippen LogP contribution in [-0.4, -0.2) is 31.9 Å². The Labute approximate surface area is 125 Å². The minimum absolute atomic E-state index is 0.0640. The largest absolute Gasteiger partial charge is 0.497 e. The van der Waals surface area contributed by atoms with E-state index in [2.05, 4.69) is 0 Å². The zero-order valence-electron chi connectivity index (χ0n) is 13.3. The molecule has 0 fully saturated rings. The Morgan fingerprint density at radius 1 is 1.24 bits per heavy atom. The highest BCUT2D eigenvalue weighted by Crippen LogP contribution is 2.36. The first-order chi connectivity index (χ1) is 9.96. The van der Waals surface area contributed by atoms with Gasteiger partial charge in [-0.3, -0.25) is 4.79 Å². The Balaban J connectivity index is 3.14. The Bertz CT molecular complexity index is 470. The Hall–Kier alpha value is -1.75. The summed E-state index contributed by atoms with van der Waals surface area (Å²) >= 11 is 0. The lowest BCUT2D eigenvalue weighted by Crippen LogP contribution is -2.29. The zero-order valence-corrected chi connectivity index (χ0v) is 13.3. The van der Waals surface area contributed by atoms with Crippen molar-refractivity contribution in [3.8, 4) is 11.5 Å². The van der Waals surface area contributed by atoms with Gasteiger partial charge in [-0.25, -0.2) is 0 Å². The molecule has 0 saturated heterocycles. The average molecular weight is 296 g/mol. The third kappa shape index (κ3) is 4.11. The molecule has 1 rings (SSSR count). The predicted molar refractivity (Wildman–Crippen MR) is 79.5 cm³/mol. The molecule has 118 valence electrons. The van der Waals surface area contributed by atoms with Gasteiger partial charge in [-0.1, -0.05) is 13.8 Å². The van der Waals surface area contributed by atoms with E-state index in [0.717, 1.165) is 0 Å². The van der Waals surface area contributed by atoms with Crippen LogP contribution in [0.1, 0.15) is 32.4 Å². The summed E-state index contributed by atoms with van der Waals surface area (Å²) in [7, 11) is 3.07. The maximum Gasteiger partial charge on any atom is 0.312 e. The van der Waals surface area contributed by atoms with E-state index in [0.29, 0.717) is 17.1 Å². The van der Waals surface area contributed by atoms with Gasteiger partial charge in [0.2, 0.25) is 0 Å². The summed E-state index contributed by atoms with van der Waals surface area (Å²) < 4.78 is 15.5. The minimum Gasteiger partial charge on any atom is -0.497 e. The number of rotatable bonds is 7. The van der Waals surface area contributed by atoms with Gasteiger partial charge in [0.05, 0.1) is 32.8 Å². The van der Waals surface area contributed by atoms with Crippen LogP contribution in [0.25, 0.3) is 0 Å². The molecule has 2 atom stereocenters. The topological polar surface area (TPSA) is 65.0 Å². The highest BCUT2D eigenvalue weighted by molar-refractivity contribution is 5.74. The summed E-state index contributed by atoms with van der Waals surface area (Å²) in [5.41, 5.74) is 0.546. The van der Waals surface area contributed by atoms with Crippen molar-refractivity contribution in [2.24, 2.45) is 11.8 Å². The van der Waals surface area contributed by atoms with Crippen LogP contribution in [0.5, 0.6) is 11.5 Å². The maximum absolute atomic E-state index is 12.1. The van der Waals surface area contributed by atoms with E-state index < -0.39 is 18.0 Å². The fourth-order valence-corrected chi connectivity index (χ4v) is 2.26. The Morgan fingerprint density at radius 3 is 2.38 bits per heavy atom. The van der Waals surface area contributed by atoms with Crippen molar-refractivity contribution in [3.05, 3.63) is 23.8 Å². The van der Waals surface area contributed by atoms with E-state index in [1.54, 1.807) is 32.2 Å². The maximum atomic E-state index is 12.1. The van der Waals surface area contributed by atoms with E-state index in [1.807, 2.05) is 13.8 Å². The van der Waals surface area contributed by atoms with E-state index in [1.165, 1.54) is 7.11 Å². The molecule has 0 saturated carbocycles. The molecule has 0 bridgehead atoms. The number of aliphatic hydroxyl groups is 1. The van der Waals surface area contributed by atoms with Crippen molar-refractivity contribution in [1.82, 2.24) is 0 Å². The number of carbonyl (C=O) groups excluding carboxylic acids is 1. The SMILES string of the molecule is CCOC(=O)C(C(C)C)C(O)c1ccc(OC)cc1OC. The number of ether oxygens (including phenoxy) is 3. The molecule has 0 spiro atoms. The zero-order chi connectivity index (χ0) is 16.0. The third-order valence-electron chi connectivity index (χ3n) is 3.38. The van der Waals surface area contributed by atoms with E-state index >= 15 is 0 Å². The van der Waals surface area contributed by atoms with Gasteiger partial charge in [-0.2, -0.15) is 0 Å². The number of hydrogen-bond acceptors (Lipinski definition) is 5. The minimum atomic E-state index is -0.995. The molecule has 0 aliphatic carbocycles. The molecule has 1 aromatic rings. The van der Waals surface area contributed by atoms with Crippen LogP contribution in [0.4, 0.5) is 0 Å². The molecule has 1 aromatic carbocycles. The molecule has 2 unspecified atom stereocenters. The molecule has 21 heavy (non-hydrogen) atoms. The highest BCUT2D eigenvalue weighted by atomic mass is 16.5. The average Bonchev–Trinajstić information content (AvgIpc) is 2.46. The third-order valence-corrected chi connectivity index (χ3v) is 3.38. The highest BCUT2D eigenvalue weighted by Gasteiger charge is 2.33. The first kappa shape index (κ1) is 17.3. The van der Waals surface area contributed by atoms with Gasteiger partial charge in [0.15, 0.2) is 0 Å². The van der Waals surface area contributed by atoms with Crippen LogP contribution < -0.4 is 9.47 Å². The van der Waals surface area contributed by atoms with Crippen molar-refractivity contribution >= 4 is 5.97 Å². The fraction of sp³-hybridized carbons (Fsp3) is 0.562. The van der Waals surface area contributed by atoms with Gasteiger partial charge in [-0.05, 0) is 25.0 Å². The lowest BCUT2D eigenvalue weighted by molar-refractivity contribution is -0.154. The summed E-state index contributed by atoms with van der Waals surface area (Å²) in [5.74, 6) is -0.00666. The number of benzene rings is 1. The summed E-state index contributed by atoms with van der Waals surface area (Å²) in [6.07, 6.45) is -0.995. The number of hydrogen-bond donors (Lipinski definition) is 1. The van der Waals surface area contributed by atoms with Crippen molar-refractivity contribution < 1.29 is 24.1 Å².